The molecule has 2 unspecified atom stereocenters. The van der Waals surface area contributed by atoms with Gasteiger partial charge in [-0.1, -0.05) is 19.9 Å². The average Bonchev–Trinajstić information content (AvgIpc) is 2.28. The van der Waals surface area contributed by atoms with Crippen LogP contribution in [0.15, 0.2) is 22.7 Å². The van der Waals surface area contributed by atoms with Gasteiger partial charge >= 0.3 is 0 Å². The molecule has 96 valence electrons. The Morgan fingerprint density at radius 2 is 2.06 bits per heavy atom. The van der Waals surface area contributed by atoms with E-state index < -0.39 is 6.10 Å². The van der Waals surface area contributed by atoms with Crippen molar-refractivity contribution in [3.63, 3.8) is 0 Å². The molecule has 0 fully saturated rings. The number of aliphatic hydroxyl groups excluding tert-OH is 1. The first-order valence-electron chi connectivity index (χ1n) is 5.78. The summed E-state index contributed by atoms with van der Waals surface area (Å²) in [7, 11) is 0. The molecule has 0 aromatic heterocycles. The Balaban J connectivity index is 2.85. The van der Waals surface area contributed by atoms with Crippen LogP contribution in [0.2, 0.25) is 0 Å². The van der Waals surface area contributed by atoms with Crippen LogP contribution in [0.5, 0.6) is 0 Å². The molecule has 0 radical (unpaired) electrons. The molecule has 0 amide bonds. The SMILES string of the molecule is CC(C)CC(CN)C(O)c1ccc(Br)c(F)c1. The predicted octanol–water partition coefficient (Wildman–Crippen LogP) is 3.24. The van der Waals surface area contributed by atoms with Crippen LogP contribution in [0.3, 0.4) is 0 Å². The first-order chi connectivity index (χ1) is 7.95. The maximum Gasteiger partial charge on any atom is 0.137 e. The Bertz CT molecular complexity index is 370. The summed E-state index contributed by atoms with van der Waals surface area (Å²) in [6.45, 7) is 4.56. The van der Waals surface area contributed by atoms with Gasteiger partial charge in [0.25, 0.3) is 0 Å². The summed E-state index contributed by atoms with van der Waals surface area (Å²) in [4.78, 5) is 0. The van der Waals surface area contributed by atoms with Crippen LogP contribution in [0.25, 0.3) is 0 Å². The summed E-state index contributed by atoms with van der Waals surface area (Å²) in [5.74, 6) is 0.0657. The van der Waals surface area contributed by atoms with Gasteiger partial charge in [0.2, 0.25) is 0 Å². The lowest BCUT2D eigenvalue weighted by atomic mass is 9.88. The van der Waals surface area contributed by atoms with E-state index in [0.717, 1.165) is 6.42 Å². The molecule has 0 saturated carbocycles. The van der Waals surface area contributed by atoms with Gasteiger partial charge in [-0.05, 0) is 52.5 Å². The molecule has 0 heterocycles. The number of halogens is 2. The van der Waals surface area contributed by atoms with Gasteiger partial charge in [-0.3, -0.25) is 0 Å². The summed E-state index contributed by atoms with van der Waals surface area (Å²) < 4.78 is 13.8. The van der Waals surface area contributed by atoms with Crippen molar-refractivity contribution in [2.45, 2.75) is 26.4 Å². The second-order valence-corrected chi connectivity index (χ2v) is 5.60. The zero-order valence-electron chi connectivity index (χ0n) is 10.2. The zero-order chi connectivity index (χ0) is 13.0. The van der Waals surface area contributed by atoms with Crippen LogP contribution in [-0.4, -0.2) is 11.7 Å². The number of nitrogens with two attached hydrogens (primary N) is 1. The van der Waals surface area contributed by atoms with Crippen molar-refractivity contribution < 1.29 is 9.50 Å². The van der Waals surface area contributed by atoms with Gasteiger partial charge in [0.15, 0.2) is 0 Å². The largest absolute Gasteiger partial charge is 0.388 e. The third kappa shape index (κ3) is 4.05. The van der Waals surface area contributed by atoms with Crippen LogP contribution >= 0.6 is 15.9 Å². The van der Waals surface area contributed by atoms with E-state index in [1.54, 1.807) is 12.1 Å². The maximum atomic E-state index is 13.4. The van der Waals surface area contributed by atoms with E-state index in [0.29, 0.717) is 22.5 Å². The van der Waals surface area contributed by atoms with Gasteiger partial charge in [-0.25, -0.2) is 4.39 Å². The molecule has 0 saturated heterocycles. The summed E-state index contributed by atoms with van der Waals surface area (Å²) in [6, 6.07) is 4.69. The molecule has 1 aromatic carbocycles. The zero-order valence-corrected chi connectivity index (χ0v) is 11.7. The molecule has 1 aromatic rings. The lowest BCUT2D eigenvalue weighted by molar-refractivity contribution is 0.0991. The van der Waals surface area contributed by atoms with Crippen molar-refractivity contribution in [2.24, 2.45) is 17.6 Å². The monoisotopic (exact) mass is 303 g/mol. The van der Waals surface area contributed by atoms with Gasteiger partial charge in [-0.2, -0.15) is 0 Å². The maximum absolute atomic E-state index is 13.4. The molecule has 1 rings (SSSR count). The van der Waals surface area contributed by atoms with Crippen molar-refractivity contribution in [2.75, 3.05) is 6.54 Å². The molecule has 17 heavy (non-hydrogen) atoms. The Kier molecular flexibility index (Phi) is 5.56. The number of hydrogen-bond donors (Lipinski definition) is 2. The summed E-state index contributed by atoms with van der Waals surface area (Å²) in [5.41, 5.74) is 6.25. The van der Waals surface area contributed by atoms with Crippen molar-refractivity contribution in [3.8, 4) is 0 Å². The van der Waals surface area contributed by atoms with Gasteiger partial charge < -0.3 is 10.8 Å². The molecule has 3 N–H and O–H groups in total. The second-order valence-electron chi connectivity index (χ2n) is 4.74. The highest BCUT2D eigenvalue weighted by Crippen LogP contribution is 2.28. The minimum absolute atomic E-state index is 0.0319. The standard InChI is InChI=1S/C13H19BrFNO/c1-8(2)5-10(7-16)13(17)9-3-4-11(14)12(15)6-9/h3-4,6,8,10,13,17H,5,7,16H2,1-2H3. The van der Waals surface area contributed by atoms with Gasteiger partial charge in [0.05, 0.1) is 10.6 Å². The predicted molar refractivity (Wildman–Crippen MR) is 71.1 cm³/mol. The van der Waals surface area contributed by atoms with Crippen LogP contribution in [0.1, 0.15) is 31.9 Å². The van der Waals surface area contributed by atoms with Crippen LogP contribution < -0.4 is 5.73 Å². The van der Waals surface area contributed by atoms with E-state index in [1.807, 2.05) is 0 Å². The van der Waals surface area contributed by atoms with Gasteiger partial charge in [0, 0.05) is 5.92 Å². The van der Waals surface area contributed by atoms with Crippen molar-refractivity contribution in [3.05, 3.63) is 34.1 Å². The van der Waals surface area contributed by atoms with E-state index >= 15 is 0 Å². The normalized spacial score (nSPS) is 15.0. The Labute approximate surface area is 110 Å². The molecule has 0 spiro atoms. The highest BCUT2D eigenvalue weighted by molar-refractivity contribution is 9.10. The fraction of sp³-hybridized carbons (Fsp3) is 0.538. The quantitative estimate of drug-likeness (QED) is 0.877. The van der Waals surface area contributed by atoms with Crippen LogP contribution in [0.4, 0.5) is 4.39 Å². The number of hydrogen-bond acceptors (Lipinski definition) is 2. The molecule has 0 bridgehead atoms. The summed E-state index contributed by atoms with van der Waals surface area (Å²) in [5, 5.41) is 10.2. The number of aliphatic hydroxyl groups is 1. The molecule has 0 aliphatic rings. The number of rotatable bonds is 5. The fourth-order valence-electron chi connectivity index (χ4n) is 1.93. The molecule has 2 nitrogen and oxygen atoms in total. The Morgan fingerprint density at radius 1 is 1.41 bits per heavy atom. The van der Waals surface area contributed by atoms with Crippen LogP contribution in [0, 0.1) is 17.7 Å². The first kappa shape index (κ1) is 14.6. The lowest BCUT2D eigenvalue weighted by Gasteiger charge is -2.23. The topological polar surface area (TPSA) is 46.2 Å². The van der Waals surface area contributed by atoms with Gasteiger partial charge in [-0.15, -0.1) is 0 Å². The van der Waals surface area contributed by atoms with Crippen molar-refractivity contribution in [1.82, 2.24) is 0 Å². The minimum atomic E-state index is -0.704. The van der Waals surface area contributed by atoms with E-state index in [2.05, 4.69) is 29.8 Å². The molecular weight excluding hydrogens is 285 g/mol. The highest BCUT2D eigenvalue weighted by atomic mass is 79.9. The van der Waals surface area contributed by atoms with E-state index in [-0.39, 0.29) is 11.7 Å². The number of benzene rings is 1. The molecule has 4 heteroatoms. The first-order valence-corrected chi connectivity index (χ1v) is 6.58. The Morgan fingerprint density at radius 3 is 2.53 bits per heavy atom. The van der Waals surface area contributed by atoms with Crippen molar-refractivity contribution >= 4 is 15.9 Å². The van der Waals surface area contributed by atoms with Crippen LogP contribution in [-0.2, 0) is 0 Å². The fourth-order valence-corrected chi connectivity index (χ4v) is 2.17. The molecule has 2 atom stereocenters. The smallest absolute Gasteiger partial charge is 0.137 e. The third-order valence-electron chi connectivity index (χ3n) is 2.81. The molecule has 0 aliphatic heterocycles. The highest BCUT2D eigenvalue weighted by Gasteiger charge is 2.21. The van der Waals surface area contributed by atoms with E-state index in [9.17, 15) is 9.50 Å². The lowest BCUT2D eigenvalue weighted by Crippen LogP contribution is -2.23. The molecule has 0 aliphatic carbocycles. The van der Waals surface area contributed by atoms with Crippen molar-refractivity contribution in [1.29, 1.82) is 0 Å². The van der Waals surface area contributed by atoms with E-state index in [1.165, 1.54) is 6.07 Å². The second kappa shape index (κ2) is 6.47. The summed E-state index contributed by atoms with van der Waals surface area (Å²) in [6.07, 6.45) is 0.125. The molecular formula is C13H19BrFNO. The van der Waals surface area contributed by atoms with E-state index in [4.69, 9.17) is 5.73 Å². The Hall–Kier alpha value is -0.450. The average molecular weight is 304 g/mol. The third-order valence-corrected chi connectivity index (χ3v) is 3.45. The minimum Gasteiger partial charge on any atom is -0.388 e. The summed E-state index contributed by atoms with van der Waals surface area (Å²) >= 11 is 3.09. The van der Waals surface area contributed by atoms with Gasteiger partial charge in [0.1, 0.15) is 5.82 Å².